The molecule has 0 saturated carbocycles. The Kier molecular flexibility index (Phi) is 11.4. The van der Waals surface area contributed by atoms with Crippen LogP contribution in [0.3, 0.4) is 0 Å². The quantitative estimate of drug-likeness (QED) is 0.115. The highest BCUT2D eigenvalue weighted by atomic mass is 16.6. The molecule has 0 bridgehead atoms. The van der Waals surface area contributed by atoms with Crippen LogP contribution in [0.4, 0.5) is 15.3 Å². The third-order valence-corrected chi connectivity index (χ3v) is 8.61. The number of fused-ring (bicyclic) bond motifs is 4. The van der Waals surface area contributed by atoms with Crippen molar-refractivity contribution in [1.82, 2.24) is 20.9 Å². The smallest absolute Gasteiger partial charge is 0.407 e. The summed E-state index contributed by atoms with van der Waals surface area (Å²) in [6.45, 7) is 9.07. The van der Waals surface area contributed by atoms with Crippen LogP contribution in [-0.2, 0) is 19.1 Å². The number of carbonyl (C=O) groups is 4. The van der Waals surface area contributed by atoms with E-state index in [1.807, 2.05) is 55.5 Å². The van der Waals surface area contributed by atoms with Crippen molar-refractivity contribution in [2.24, 2.45) is 0 Å². The Hall–Kier alpha value is -5.65. The zero-order valence-electron chi connectivity index (χ0n) is 29.6. The number of carbonyl (C=O) groups excluding carboxylic acids is 4. The molecule has 5 rings (SSSR count). The van der Waals surface area contributed by atoms with Crippen LogP contribution in [0.15, 0.2) is 77.6 Å². The fourth-order valence-corrected chi connectivity index (χ4v) is 6.17. The van der Waals surface area contributed by atoms with Crippen molar-refractivity contribution < 1.29 is 28.7 Å². The molecule has 3 aromatic carbocycles. The molecule has 1 unspecified atom stereocenters. The minimum absolute atomic E-state index is 0.0904. The Morgan fingerprint density at radius 2 is 1.51 bits per heavy atom. The standard InChI is InChI=1S/C39H45N5O7/c1-23-20-34(45)43-33-21-25(17-18-26(23)33)42-36(47)32(16-10-11-19-40-37(48)51-39(3,4)5)44-35(46)24(2)41-38(49)50-22-31-29-14-8-6-12-27(29)28-13-7-9-15-30(28)31/h6-9,12-15,17-18,20-21,24,31-32H,10-11,16,19,22H2,1-5H3,(H,40,48)(H,41,49)(H,42,47)(H,43,45)(H,44,46)/t24?,32-/m0/s1. The van der Waals surface area contributed by atoms with Crippen LogP contribution >= 0.6 is 0 Å². The summed E-state index contributed by atoms with van der Waals surface area (Å²) in [6.07, 6.45) is -0.0541. The fraction of sp³-hybridized carbons (Fsp3) is 0.359. The van der Waals surface area contributed by atoms with Crippen molar-refractivity contribution in [3.8, 4) is 11.1 Å². The van der Waals surface area contributed by atoms with Crippen molar-refractivity contribution in [3.63, 3.8) is 0 Å². The van der Waals surface area contributed by atoms with E-state index in [0.717, 1.165) is 33.2 Å². The van der Waals surface area contributed by atoms with Crippen molar-refractivity contribution in [2.75, 3.05) is 18.5 Å². The normalized spacial score (nSPS) is 13.4. The van der Waals surface area contributed by atoms with Crippen molar-refractivity contribution >= 4 is 40.6 Å². The predicted molar refractivity (Wildman–Crippen MR) is 196 cm³/mol. The molecule has 0 radical (unpaired) electrons. The van der Waals surface area contributed by atoms with E-state index in [1.54, 1.807) is 39.0 Å². The number of aromatic amines is 1. The van der Waals surface area contributed by atoms with E-state index in [1.165, 1.54) is 13.0 Å². The number of unbranched alkanes of at least 4 members (excludes halogenated alkanes) is 1. The topological polar surface area (TPSA) is 168 Å². The number of anilines is 1. The van der Waals surface area contributed by atoms with E-state index in [4.69, 9.17) is 9.47 Å². The molecule has 1 heterocycles. The van der Waals surface area contributed by atoms with Gasteiger partial charge in [-0.25, -0.2) is 9.59 Å². The van der Waals surface area contributed by atoms with Gasteiger partial charge in [0.25, 0.3) is 0 Å². The number of nitrogens with one attached hydrogen (secondary N) is 5. The molecule has 268 valence electrons. The number of amides is 4. The Balaban J connectivity index is 1.19. The highest BCUT2D eigenvalue weighted by molar-refractivity contribution is 5.99. The van der Waals surface area contributed by atoms with Crippen LogP contribution < -0.4 is 26.8 Å². The van der Waals surface area contributed by atoms with Crippen LogP contribution in [-0.4, -0.2) is 59.8 Å². The molecule has 51 heavy (non-hydrogen) atoms. The molecule has 1 aliphatic rings. The lowest BCUT2D eigenvalue weighted by Gasteiger charge is -2.22. The summed E-state index contributed by atoms with van der Waals surface area (Å²) in [5.74, 6) is -1.19. The molecule has 4 aromatic rings. The molecule has 0 aliphatic heterocycles. The number of H-pyrrole nitrogens is 1. The van der Waals surface area contributed by atoms with Crippen LogP contribution in [0, 0.1) is 6.92 Å². The van der Waals surface area contributed by atoms with Crippen molar-refractivity contribution in [2.45, 2.75) is 77.5 Å². The monoisotopic (exact) mass is 695 g/mol. The van der Waals surface area contributed by atoms with Gasteiger partial charge in [0.2, 0.25) is 17.4 Å². The Bertz CT molecular complexity index is 1940. The number of aromatic nitrogens is 1. The van der Waals surface area contributed by atoms with Gasteiger partial charge in [-0.3, -0.25) is 14.4 Å². The van der Waals surface area contributed by atoms with Gasteiger partial charge in [-0.2, -0.15) is 0 Å². The number of alkyl carbamates (subject to hydrolysis) is 2. The number of ether oxygens (including phenoxy) is 2. The number of rotatable bonds is 12. The summed E-state index contributed by atoms with van der Waals surface area (Å²) in [4.78, 5) is 66.6. The lowest BCUT2D eigenvalue weighted by atomic mass is 9.98. The maximum atomic E-state index is 13.5. The van der Waals surface area contributed by atoms with Gasteiger partial charge in [0.15, 0.2) is 0 Å². The zero-order chi connectivity index (χ0) is 36.7. The lowest BCUT2D eigenvalue weighted by molar-refractivity contribution is -0.127. The minimum atomic E-state index is -1.02. The molecule has 1 aliphatic carbocycles. The van der Waals surface area contributed by atoms with Gasteiger partial charge in [-0.05, 0) is 93.8 Å². The van der Waals surface area contributed by atoms with Gasteiger partial charge in [-0.15, -0.1) is 0 Å². The molecule has 2 atom stereocenters. The predicted octanol–water partition coefficient (Wildman–Crippen LogP) is 5.88. The minimum Gasteiger partial charge on any atom is -0.449 e. The average Bonchev–Trinajstić information content (AvgIpc) is 3.39. The SMILES string of the molecule is Cc1cc(=O)[nH]c2cc(NC(=O)[C@H](CCCCNC(=O)OC(C)(C)C)NC(=O)C(C)NC(=O)OCC3c4ccccc4-c4ccccc43)ccc12. The second-order valence-corrected chi connectivity index (χ2v) is 13.7. The molecule has 12 nitrogen and oxygen atoms in total. The number of hydrogen-bond donors (Lipinski definition) is 5. The largest absolute Gasteiger partial charge is 0.449 e. The molecular formula is C39H45N5O7. The van der Waals surface area contributed by atoms with Crippen LogP contribution in [0.2, 0.25) is 0 Å². The number of pyridine rings is 1. The Labute approximate surface area is 296 Å². The highest BCUT2D eigenvalue weighted by Crippen LogP contribution is 2.44. The summed E-state index contributed by atoms with van der Waals surface area (Å²) in [5.41, 5.74) is 5.26. The maximum absolute atomic E-state index is 13.5. The highest BCUT2D eigenvalue weighted by Gasteiger charge is 2.30. The molecule has 4 amide bonds. The maximum Gasteiger partial charge on any atom is 0.407 e. The Morgan fingerprint density at radius 1 is 0.843 bits per heavy atom. The molecule has 1 aromatic heterocycles. The molecule has 0 saturated heterocycles. The first-order chi connectivity index (χ1) is 24.3. The van der Waals surface area contributed by atoms with Gasteiger partial charge >= 0.3 is 12.2 Å². The third-order valence-electron chi connectivity index (χ3n) is 8.61. The number of hydrogen-bond acceptors (Lipinski definition) is 7. The van der Waals surface area contributed by atoms with Crippen LogP contribution in [0.5, 0.6) is 0 Å². The Morgan fingerprint density at radius 3 is 2.18 bits per heavy atom. The lowest BCUT2D eigenvalue weighted by Crippen LogP contribution is -2.51. The van der Waals surface area contributed by atoms with Gasteiger partial charge < -0.3 is 35.7 Å². The van der Waals surface area contributed by atoms with E-state index in [2.05, 4.69) is 26.3 Å². The van der Waals surface area contributed by atoms with E-state index < -0.39 is 41.7 Å². The van der Waals surface area contributed by atoms with Gasteiger partial charge in [0, 0.05) is 29.6 Å². The third kappa shape index (κ3) is 9.53. The first-order valence-corrected chi connectivity index (χ1v) is 17.1. The summed E-state index contributed by atoms with van der Waals surface area (Å²) in [6, 6.07) is 20.7. The molecule has 12 heteroatoms. The summed E-state index contributed by atoms with van der Waals surface area (Å²) >= 11 is 0. The number of aryl methyl sites for hydroxylation is 1. The van der Waals surface area contributed by atoms with Gasteiger partial charge in [0.05, 0.1) is 5.52 Å². The van der Waals surface area contributed by atoms with Crippen LogP contribution in [0.1, 0.15) is 69.6 Å². The zero-order valence-corrected chi connectivity index (χ0v) is 29.6. The first-order valence-electron chi connectivity index (χ1n) is 17.1. The van der Waals surface area contributed by atoms with Crippen molar-refractivity contribution in [3.05, 3.63) is 99.8 Å². The summed E-state index contributed by atoms with van der Waals surface area (Å²) in [7, 11) is 0. The summed E-state index contributed by atoms with van der Waals surface area (Å²) < 4.78 is 10.9. The van der Waals surface area contributed by atoms with Crippen molar-refractivity contribution in [1.29, 1.82) is 0 Å². The number of benzene rings is 3. The van der Waals surface area contributed by atoms with E-state index in [-0.39, 0.29) is 24.5 Å². The van der Waals surface area contributed by atoms with Gasteiger partial charge in [0.1, 0.15) is 24.3 Å². The second kappa shape index (κ2) is 15.9. The second-order valence-electron chi connectivity index (χ2n) is 13.7. The average molecular weight is 696 g/mol. The molecular weight excluding hydrogens is 650 g/mol. The van der Waals surface area contributed by atoms with E-state index >= 15 is 0 Å². The molecule has 5 N–H and O–H groups in total. The molecule has 0 spiro atoms. The molecule has 0 fully saturated rings. The van der Waals surface area contributed by atoms with E-state index in [0.29, 0.717) is 30.6 Å². The fourth-order valence-electron chi connectivity index (χ4n) is 6.17. The van der Waals surface area contributed by atoms with Crippen LogP contribution in [0.25, 0.3) is 22.0 Å². The first kappa shape index (κ1) is 36.6. The van der Waals surface area contributed by atoms with E-state index in [9.17, 15) is 24.0 Å². The summed E-state index contributed by atoms with van der Waals surface area (Å²) in [5, 5.41) is 11.7. The van der Waals surface area contributed by atoms with Gasteiger partial charge in [-0.1, -0.05) is 54.6 Å².